The molecule has 0 radical (unpaired) electrons. The Kier molecular flexibility index (Phi) is 11.1. The molecule has 2 N–H and O–H groups in total. The van der Waals surface area contributed by atoms with Gasteiger partial charge in [0.1, 0.15) is 25.4 Å². The van der Waals surface area contributed by atoms with Crippen molar-refractivity contribution >= 4 is 11.9 Å². The summed E-state index contributed by atoms with van der Waals surface area (Å²) in [6.07, 6.45) is 3.54. The molecular formula is C14H22O7. The third-order valence-electron chi connectivity index (χ3n) is 2.06. The van der Waals surface area contributed by atoms with Gasteiger partial charge in [0.05, 0.1) is 13.2 Å². The second kappa shape index (κ2) is 12.1. The van der Waals surface area contributed by atoms with Gasteiger partial charge in [0.2, 0.25) is 0 Å². The van der Waals surface area contributed by atoms with Crippen LogP contribution in [-0.2, 0) is 23.8 Å². The normalized spacial score (nSPS) is 14.3. The Morgan fingerprint density at radius 3 is 1.57 bits per heavy atom. The second-order valence-corrected chi connectivity index (χ2v) is 4.11. The quantitative estimate of drug-likeness (QED) is 0.431. The molecule has 0 spiro atoms. The Bertz CT molecular complexity index is 328. The third kappa shape index (κ3) is 11.8. The molecule has 120 valence electrons. The highest BCUT2D eigenvalue weighted by Gasteiger charge is 2.11. The largest absolute Gasteiger partial charge is 0.460 e. The van der Waals surface area contributed by atoms with Crippen molar-refractivity contribution in [3.8, 4) is 0 Å². The number of hydrogen-bond donors (Lipinski definition) is 2. The van der Waals surface area contributed by atoms with Crippen LogP contribution in [0.15, 0.2) is 24.3 Å². The average Bonchev–Trinajstić information content (AvgIpc) is 2.43. The SMILES string of the molecule is CC=CC(=O)OCC(O)COCC(O)COC(=O)C=CC. The number of carbonyl (C=O) groups excluding carboxylic acids is 2. The van der Waals surface area contributed by atoms with E-state index in [9.17, 15) is 19.8 Å². The molecule has 0 aliphatic carbocycles. The predicted octanol–water partition coefficient (Wildman–Crippen LogP) is -0.0366. The van der Waals surface area contributed by atoms with E-state index in [0.717, 1.165) is 0 Å². The molecule has 21 heavy (non-hydrogen) atoms. The van der Waals surface area contributed by atoms with Crippen molar-refractivity contribution in [2.24, 2.45) is 0 Å². The van der Waals surface area contributed by atoms with E-state index in [1.807, 2.05) is 0 Å². The van der Waals surface area contributed by atoms with E-state index in [0.29, 0.717) is 0 Å². The van der Waals surface area contributed by atoms with Gasteiger partial charge >= 0.3 is 11.9 Å². The van der Waals surface area contributed by atoms with E-state index in [2.05, 4.69) is 0 Å². The first kappa shape index (κ1) is 19.3. The Balaban J connectivity index is 3.68. The minimum Gasteiger partial charge on any atom is -0.460 e. The van der Waals surface area contributed by atoms with Crippen LogP contribution in [0.25, 0.3) is 0 Å². The highest BCUT2D eigenvalue weighted by atomic mass is 16.6. The Morgan fingerprint density at radius 2 is 1.24 bits per heavy atom. The zero-order chi connectivity index (χ0) is 16.1. The number of ether oxygens (including phenoxy) is 3. The van der Waals surface area contributed by atoms with Crippen molar-refractivity contribution in [1.82, 2.24) is 0 Å². The van der Waals surface area contributed by atoms with Crippen LogP contribution in [0.4, 0.5) is 0 Å². The molecule has 0 amide bonds. The first-order chi connectivity index (χ1) is 9.99. The van der Waals surface area contributed by atoms with Gasteiger partial charge in [-0.25, -0.2) is 9.59 Å². The van der Waals surface area contributed by atoms with E-state index in [4.69, 9.17) is 14.2 Å². The number of aliphatic hydroxyl groups excluding tert-OH is 2. The van der Waals surface area contributed by atoms with Crippen molar-refractivity contribution in [3.63, 3.8) is 0 Å². The summed E-state index contributed by atoms with van der Waals surface area (Å²) in [6.45, 7) is 2.73. The van der Waals surface area contributed by atoms with Gasteiger partial charge in [0.25, 0.3) is 0 Å². The topological polar surface area (TPSA) is 102 Å². The minimum atomic E-state index is -0.989. The van der Waals surface area contributed by atoms with Crippen molar-refractivity contribution < 1.29 is 34.0 Å². The molecule has 0 aromatic rings. The number of esters is 2. The van der Waals surface area contributed by atoms with E-state index >= 15 is 0 Å². The van der Waals surface area contributed by atoms with Gasteiger partial charge in [-0.05, 0) is 13.8 Å². The van der Waals surface area contributed by atoms with Crippen molar-refractivity contribution in [2.45, 2.75) is 26.1 Å². The lowest BCUT2D eigenvalue weighted by Crippen LogP contribution is -2.28. The van der Waals surface area contributed by atoms with Gasteiger partial charge in [-0.2, -0.15) is 0 Å². The van der Waals surface area contributed by atoms with Crippen molar-refractivity contribution in [2.75, 3.05) is 26.4 Å². The number of carbonyl (C=O) groups is 2. The number of hydrogen-bond acceptors (Lipinski definition) is 7. The lowest BCUT2D eigenvalue weighted by atomic mass is 10.4. The van der Waals surface area contributed by atoms with Gasteiger partial charge in [0.15, 0.2) is 0 Å². The van der Waals surface area contributed by atoms with E-state index in [-0.39, 0.29) is 26.4 Å². The summed E-state index contributed by atoms with van der Waals surface area (Å²) in [5.41, 5.74) is 0. The zero-order valence-electron chi connectivity index (χ0n) is 12.2. The molecule has 2 unspecified atom stereocenters. The van der Waals surface area contributed by atoms with Crippen molar-refractivity contribution in [3.05, 3.63) is 24.3 Å². The summed E-state index contributed by atoms with van der Waals surface area (Å²) in [6, 6.07) is 0. The van der Waals surface area contributed by atoms with Crippen LogP contribution in [0.3, 0.4) is 0 Å². The summed E-state index contributed by atoms with van der Waals surface area (Å²) < 4.78 is 14.4. The monoisotopic (exact) mass is 302 g/mol. The van der Waals surface area contributed by atoms with Gasteiger partial charge < -0.3 is 24.4 Å². The number of rotatable bonds is 10. The molecule has 2 atom stereocenters. The van der Waals surface area contributed by atoms with Gasteiger partial charge in [-0.3, -0.25) is 0 Å². The molecule has 0 saturated carbocycles. The zero-order valence-corrected chi connectivity index (χ0v) is 12.2. The summed E-state index contributed by atoms with van der Waals surface area (Å²) in [5.74, 6) is -1.10. The fourth-order valence-corrected chi connectivity index (χ4v) is 1.16. The van der Waals surface area contributed by atoms with Crippen LogP contribution in [0.1, 0.15) is 13.8 Å². The Morgan fingerprint density at radius 1 is 0.857 bits per heavy atom. The van der Waals surface area contributed by atoms with Crippen molar-refractivity contribution in [1.29, 1.82) is 0 Å². The van der Waals surface area contributed by atoms with Gasteiger partial charge in [0, 0.05) is 12.2 Å². The molecule has 0 heterocycles. The molecule has 0 rings (SSSR count). The molecule has 7 heteroatoms. The summed E-state index contributed by atoms with van der Waals surface area (Å²) in [5, 5.41) is 18.9. The minimum absolute atomic E-state index is 0.108. The van der Waals surface area contributed by atoms with Crippen LogP contribution in [0, 0.1) is 0 Å². The predicted molar refractivity (Wildman–Crippen MR) is 74.4 cm³/mol. The standard InChI is InChI=1S/C14H22O7/c1-3-5-13(17)20-9-11(15)7-19-8-12(16)10-21-14(18)6-4-2/h3-6,11-12,15-16H,7-10H2,1-2H3. The molecule has 0 saturated heterocycles. The maximum atomic E-state index is 11.0. The summed E-state index contributed by atoms with van der Waals surface area (Å²) >= 11 is 0. The molecule has 0 aromatic heterocycles. The average molecular weight is 302 g/mol. The van der Waals surface area contributed by atoms with E-state index < -0.39 is 24.1 Å². The highest BCUT2D eigenvalue weighted by molar-refractivity contribution is 5.82. The maximum Gasteiger partial charge on any atom is 0.330 e. The first-order valence-corrected chi connectivity index (χ1v) is 6.52. The van der Waals surface area contributed by atoms with Crippen LogP contribution in [0.5, 0.6) is 0 Å². The second-order valence-electron chi connectivity index (χ2n) is 4.11. The molecule has 0 aliphatic rings. The summed E-state index contributed by atoms with van der Waals surface area (Å²) in [4.78, 5) is 22.0. The number of allylic oxidation sites excluding steroid dienone is 2. The van der Waals surface area contributed by atoms with Crippen LogP contribution >= 0.6 is 0 Å². The van der Waals surface area contributed by atoms with E-state index in [1.165, 1.54) is 24.3 Å². The molecule has 7 nitrogen and oxygen atoms in total. The maximum absolute atomic E-state index is 11.0. The molecule has 0 bridgehead atoms. The van der Waals surface area contributed by atoms with E-state index in [1.54, 1.807) is 13.8 Å². The fourth-order valence-electron chi connectivity index (χ4n) is 1.16. The molecule has 0 aliphatic heterocycles. The first-order valence-electron chi connectivity index (χ1n) is 6.52. The van der Waals surface area contributed by atoms with Crippen LogP contribution < -0.4 is 0 Å². The highest BCUT2D eigenvalue weighted by Crippen LogP contribution is 1.94. The smallest absolute Gasteiger partial charge is 0.330 e. The fraction of sp³-hybridized carbons (Fsp3) is 0.571. The Hall–Kier alpha value is -1.70. The summed E-state index contributed by atoms with van der Waals surface area (Å²) in [7, 11) is 0. The number of aliphatic hydroxyl groups is 2. The Labute approximate surface area is 123 Å². The molecular weight excluding hydrogens is 280 g/mol. The lowest BCUT2D eigenvalue weighted by molar-refractivity contribution is -0.143. The lowest BCUT2D eigenvalue weighted by Gasteiger charge is -2.14. The van der Waals surface area contributed by atoms with Gasteiger partial charge in [-0.1, -0.05) is 12.2 Å². The molecule has 0 aromatic carbocycles. The van der Waals surface area contributed by atoms with Crippen LogP contribution in [-0.4, -0.2) is 60.8 Å². The molecule has 0 fully saturated rings. The van der Waals surface area contributed by atoms with Crippen LogP contribution in [0.2, 0.25) is 0 Å². The van der Waals surface area contributed by atoms with Gasteiger partial charge in [-0.15, -0.1) is 0 Å². The third-order valence-corrected chi connectivity index (χ3v) is 2.06.